The molecule has 1 aromatic heterocycles. The van der Waals surface area contributed by atoms with Crippen LogP contribution in [0.4, 0.5) is 0 Å². The molecular weight excluding hydrogens is 244 g/mol. The van der Waals surface area contributed by atoms with E-state index in [0.717, 1.165) is 11.1 Å². The second kappa shape index (κ2) is 5.18. The first-order valence-corrected chi connectivity index (χ1v) is 6.01. The van der Waals surface area contributed by atoms with Gasteiger partial charge in [-0.25, -0.2) is 4.79 Å². The van der Waals surface area contributed by atoms with Crippen LogP contribution in [-0.4, -0.2) is 11.7 Å². The molecule has 100 valence electrons. The maximum atomic E-state index is 11.3. The van der Waals surface area contributed by atoms with Gasteiger partial charge in [-0.05, 0) is 38.5 Å². The SMILES string of the molecule is CC(C)=CCOc1cc2oc(=O)cc(C)c2cc1O. The summed E-state index contributed by atoms with van der Waals surface area (Å²) in [6.07, 6.45) is 1.90. The maximum Gasteiger partial charge on any atom is 0.336 e. The molecule has 1 heterocycles. The van der Waals surface area contributed by atoms with Crippen LogP contribution in [0.15, 0.2) is 39.1 Å². The van der Waals surface area contributed by atoms with Crippen molar-refractivity contribution in [3.63, 3.8) is 0 Å². The van der Waals surface area contributed by atoms with Crippen molar-refractivity contribution in [1.29, 1.82) is 0 Å². The van der Waals surface area contributed by atoms with Crippen LogP contribution in [0.2, 0.25) is 0 Å². The Hall–Kier alpha value is -2.23. The van der Waals surface area contributed by atoms with Crippen molar-refractivity contribution in [3.05, 3.63) is 45.8 Å². The zero-order chi connectivity index (χ0) is 14.0. The highest BCUT2D eigenvalue weighted by Gasteiger charge is 2.09. The highest BCUT2D eigenvalue weighted by Crippen LogP contribution is 2.32. The highest BCUT2D eigenvalue weighted by atomic mass is 16.5. The van der Waals surface area contributed by atoms with Crippen LogP contribution in [0.1, 0.15) is 19.4 Å². The van der Waals surface area contributed by atoms with E-state index in [4.69, 9.17) is 9.15 Å². The van der Waals surface area contributed by atoms with Gasteiger partial charge >= 0.3 is 5.63 Å². The van der Waals surface area contributed by atoms with Gasteiger partial charge in [0.15, 0.2) is 11.5 Å². The van der Waals surface area contributed by atoms with Gasteiger partial charge in [0.2, 0.25) is 0 Å². The van der Waals surface area contributed by atoms with Crippen molar-refractivity contribution < 1.29 is 14.3 Å². The topological polar surface area (TPSA) is 59.7 Å². The number of aromatic hydroxyl groups is 1. The minimum atomic E-state index is -0.411. The third-order valence-corrected chi connectivity index (χ3v) is 2.76. The number of hydrogen-bond donors (Lipinski definition) is 1. The Morgan fingerprint density at radius 3 is 2.79 bits per heavy atom. The second-order valence-electron chi connectivity index (χ2n) is 4.66. The normalized spacial score (nSPS) is 10.5. The van der Waals surface area contributed by atoms with E-state index in [0.29, 0.717) is 23.3 Å². The van der Waals surface area contributed by atoms with Crippen LogP contribution >= 0.6 is 0 Å². The third kappa shape index (κ3) is 2.96. The molecule has 0 unspecified atom stereocenters. The van der Waals surface area contributed by atoms with Crippen molar-refractivity contribution >= 4 is 11.0 Å². The van der Waals surface area contributed by atoms with Gasteiger partial charge in [0.1, 0.15) is 12.2 Å². The van der Waals surface area contributed by atoms with Crippen molar-refractivity contribution in [3.8, 4) is 11.5 Å². The van der Waals surface area contributed by atoms with E-state index in [-0.39, 0.29) is 5.75 Å². The Balaban J connectivity index is 2.43. The molecule has 4 heteroatoms. The van der Waals surface area contributed by atoms with Crippen LogP contribution < -0.4 is 10.4 Å². The van der Waals surface area contributed by atoms with Gasteiger partial charge in [-0.15, -0.1) is 0 Å². The number of phenolic OH excluding ortho intramolecular Hbond substituents is 1. The molecule has 0 saturated carbocycles. The monoisotopic (exact) mass is 260 g/mol. The number of ether oxygens (including phenoxy) is 1. The summed E-state index contributed by atoms with van der Waals surface area (Å²) in [6.45, 7) is 6.08. The minimum Gasteiger partial charge on any atom is -0.504 e. The third-order valence-electron chi connectivity index (χ3n) is 2.76. The predicted octanol–water partition coefficient (Wildman–Crippen LogP) is 3.15. The van der Waals surface area contributed by atoms with Crippen LogP contribution in [0.3, 0.4) is 0 Å². The molecule has 1 N–H and O–H groups in total. The van der Waals surface area contributed by atoms with E-state index < -0.39 is 5.63 Å². The quantitative estimate of drug-likeness (QED) is 0.680. The lowest BCUT2D eigenvalue weighted by Crippen LogP contribution is -1.99. The number of rotatable bonds is 3. The van der Waals surface area contributed by atoms with Gasteiger partial charge in [-0.1, -0.05) is 5.57 Å². The summed E-state index contributed by atoms with van der Waals surface area (Å²) in [5.41, 5.74) is 1.89. The molecule has 0 amide bonds. The molecule has 19 heavy (non-hydrogen) atoms. The van der Waals surface area contributed by atoms with Crippen LogP contribution in [0, 0.1) is 6.92 Å². The Morgan fingerprint density at radius 2 is 2.11 bits per heavy atom. The molecule has 0 saturated heterocycles. The number of aryl methyl sites for hydroxylation is 1. The van der Waals surface area contributed by atoms with Crippen molar-refractivity contribution in [1.82, 2.24) is 0 Å². The maximum absolute atomic E-state index is 11.3. The minimum absolute atomic E-state index is 0.0339. The fourth-order valence-corrected chi connectivity index (χ4v) is 1.75. The number of benzene rings is 1. The molecule has 0 atom stereocenters. The molecule has 2 rings (SSSR count). The Kier molecular flexibility index (Phi) is 3.60. The van der Waals surface area contributed by atoms with E-state index in [2.05, 4.69) is 0 Å². The van der Waals surface area contributed by atoms with Gasteiger partial charge in [0.05, 0.1) is 0 Å². The Labute approximate surface area is 110 Å². The molecular formula is C15H16O4. The lowest BCUT2D eigenvalue weighted by atomic mass is 10.1. The highest BCUT2D eigenvalue weighted by molar-refractivity contribution is 5.83. The standard InChI is InChI=1S/C15H16O4/c1-9(2)4-5-18-14-8-13-11(7-12(14)16)10(3)6-15(17)19-13/h4,6-8,16H,5H2,1-3H3. The van der Waals surface area contributed by atoms with E-state index in [9.17, 15) is 9.90 Å². The lowest BCUT2D eigenvalue weighted by molar-refractivity contribution is 0.335. The average molecular weight is 260 g/mol. The first-order valence-electron chi connectivity index (χ1n) is 6.01. The van der Waals surface area contributed by atoms with Gasteiger partial charge < -0.3 is 14.3 Å². The first-order chi connectivity index (χ1) is 8.97. The average Bonchev–Trinajstić information content (AvgIpc) is 2.30. The number of phenols is 1. The van der Waals surface area contributed by atoms with Crippen LogP contribution in [-0.2, 0) is 0 Å². The molecule has 2 aromatic rings. The second-order valence-corrected chi connectivity index (χ2v) is 4.66. The molecule has 0 aliphatic rings. The van der Waals surface area contributed by atoms with E-state index in [1.165, 1.54) is 12.1 Å². The summed E-state index contributed by atoms with van der Waals surface area (Å²) in [7, 11) is 0. The van der Waals surface area contributed by atoms with E-state index in [1.807, 2.05) is 19.9 Å². The summed E-state index contributed by atoms with van der Waals surface area (Å²) < 4.78 is 10.6. The fourth-order valence-electron chi connectivity index (χ4n) is 1.75. The summed E-state index contributed by atoms with van der Waals surface area (Å²) in [4.78, 5) is 11.3. The summed E-state index contributed by atoms with van der Waals surface area (Å²) >= 11 is 0. The number of fused-ring (bicyclic) bond motifs is 1. The Morgan fingerprint density at radius 1 is 1.37 bits per heavy atom. The molecule has 0 radical (unpaired) electrons. The Bertz CT molecular complexity index is 691. The molecule has 0 spiro atoms. The smallest absolute Gasteiger partial charge is 0.336 e. The summed E-state index contributed by atoms with van der Waals surface area (Å²) in [6, 6.07) is 4.48. The molecule has 0 aliphatic carbocycles. The van der Waals surface area contributed by atoms with Gasteiger partial charge in [0.25, 0.3) is 0 Å². The zero-order valence-corrected chi connectivity index (χ0v) is 11.2. The summed E-state index contributed by atoms with van der Waals surface area (Å²) in [5.74, 6) is 0.338. The molecule has 0 bridgehead atoms. The van der Waals surface area contributed by atoms with Gasteiger partial charge in [-0.3, -0.25) is 0 Å². The molecule has 0 fully saturated rings. The van der Waals surface area contributed by atoms with Crippen LogP contribution in [0.5, 0.6) is 11.5 Å². The lowest BCUT2D eigenvalue weighted by Gasteiger charge is -2.08. The van der Waals surface area contributed by atoms with Crippen LogP contribution in [0.25, 0.3) is 11.0 Å². The fraction of sp³-hybridized carbons (Fsp3) is 0.267. The predicted molar refractivity (Wildman–Crippen MR) is 73.8 cm³/mol. The molecule has 4 nitrogen and oxygen atoms in total. The first kappa shape index (κ1) is 13.2. The molecule has 1 aromatic carbocycles. The largest absolute Gasteiger partial charge is 0.504 e. The van der Waals surface area contributed by atoms with Crippen molar-refractivity contribution in [2.45, 2.75) is 20.8 Å². The summed E-state index contributed by atoms with van der Waals surface area (Å²) in [5, 5.41) is 10.6. The van der Waals surface area contributed by atoms with Crippen molar-refractivity contribution in [2.24, 2.45) is 0 Å². The van der Waals surface area contributed by atoms with Gasteiger partial charge in [-0.2, -0.15) is 0 Å². The van der Waals surface area contributed by atoms with Gasteiger partial charge in [0, 0.05) is 17.5 Å². The van der Waals surface area contributed by atoms with E-state index >= 15 is 0 Å². The molecule has 0 aliphatic heterocycles. The number of hydrogen-bond acceptors (Lipinski definition) is 4. The zero-order valence-electron chi connectivity index (χ0n) is 11.2. The van der Waals surface area contributed by atoms with Crippen molar-refractivity contribution in [2.75, 3.05) is 6.61 Å². The number of allylic oxidation sites excluding steroid dienone is 1. The van der Waals surface area contributed by atoms with E-state index in [1.54, 1.807) is 13.0 Å².